The van der Waals surface area contributed by atoms with Gasteiger partial charge in [0.05, 0.1) is 0 Å². The molecule has 31 heavy (non-hydrogen) atoms. The molecule has 0 atom stereocenters. The van der Waals surface area contributed by atoms with Crippen molar-refractivity contribution in [2.24, 2.45) is 0 Å². The van der Waals surface area contributed by atoms with Gasteiger partial charge in [0, 0.05) is 0 Å². The van der Waals surface area contributed by atoms with E-state index in [2.05, 4.69) is 0 Å². The summed E-state index contributed by atoms with van der Waals surface area (Å²) in [6, 6.07) is 17.4. The Morgan fingerprint density at radius 2 is 0.645 bits per heavy atom. The van der Waals surface area contributed by atoms with Crippen molar-refractivity contribution < 1.29 is 45.0 Å². The minimum absolute atomic E-state index is 0. The molecule has 0 fully saturated rings. The molecular weight excluding hydrogens is 603 g/mol. The number of benzene rings is 3. The van der Waals surface area contributed by atoms with Gasteiger partial charge in [0.1, 0.15) is 33.9 Å². The number of carboxylic acids is 3. The summed E-state index contributed by atoms with van der Waals surface area (Å²) in [6.45, 7) is 0. The Kier molecular flexibility index (Phi) is 12.0. The average Bonchev–Trinajstić information content (AvgIpc) is 2.69. The van der Waals surface area contributed by atoms with Crippen molar-refractivity contribution in [2.45, 2.75) is 0 Å². The molecule has 10 heteroatoms. The van der Waals surface area contributed by atoms with E-state index in [1.165, 1.54) is 36.4 Å². The molecule has 162 valence electrons. The average molecular weight is 624 g/mol. The first-order valence-electron chi connectivity index (χ1n) is 8.19. The number of rotatable bonds is 3. The molecule has 0 heterocycles. The van der Waals surface area contributed by atoms with Crippen molar-refractivity contribution in [2.75, 3.05) is 0 Å². The molecule has 0 saturated carbocycles. The van der Waals surface area contributed by atoms with Gasteiger partial charge >= 0.3 is 45.2 Å². The summed E-state index contributed by atoms with van der Waals surface area (Å²) in [5.74, 6) is -3.94. The molecule has 0 saturated heterocycles. The second kappa shape index (κ2) is 13.6. The fourth-order valence-electron chi connectivity index (χ4n) is 1.96. The number of carbonyl (C=O) groups is 3. The van der Waals surface area contributed by atoms with Crippen LogP contribution in [0.25, 0.3) is 0 Å². The molecule has 0 amide bonds. The first-order chi connectivity index (χ1) is 14.1. The van der Waals surface area contributed by atoms with Crippen molar-refractivity contribution in [1.82, 2.24) is 0 Å². The van der Waals surface area contributed by atoms with Crippen LogP contribution in [0.1, 0.15) is 31.1 Å². The van der Waals surface area contributed by atoms with Gasteiger partial charge in [-0.25, -0.2) is 14.4 Å². The third kappa shape index (κ3) is 9.17. The molecule has 9 nitrogen and oxygen atoms in total. The molecule has 3 aromatic rings. The fourth-order valence-corrected chi connectivity index (χ4v) is 1.96. The van der Waals surface area contributed by atoms with Crippen LogP contribution in [0.2, 0.25) is 0 Å². The summed E-state index contributed by atoms with van der Waals surface area (Å²) in [5, 5.41) is 51.9. The molecule has 0 aromatic heterocycles. The second-order valence-corrected chi connectivity index (χ2v) is 5.47. The van der Waals surface area contributed by atoms with E-state index in [4.69, 9.17) is 30.6 Å². The molecule has 0 aliphatic heterocycles. The second-order valence-electron chi connectivity index (χ2n) is 5.47. The summed E-state index contributed by atoms with van der Waals surface area (Å²) in [7, 11) is 0. The number of aromatic carboxylic acids is 3. The van der Waals surface area contributed by atoms with Crippen LogP contribution in [0.3, 0.4) is 0 Å². The Labute approximate surface area is 196 Å². The van der Waals surface area contributed by atoms with Gasteiger partial charge in [-0.2, -0.15) is 0 Å². The normalized spacial score (nSPS) is 8.90. The maximum absolute atomic E-state index is 10.3. The van der Waals surface area contributed by atoms with Crippen LogP contribution in [0.15, 0.2) is 72.8 Å². The molecule has 3 rings (SSSR count). The van der Waals surface area contributed by atoms with E-state index in [-0.39, 0.29) is 61.2 Å². The van der Waals surface area contributed by atoms with E-state index in [1.54, 1.807) is 36.4 Å². The number of carboxylic acid groups (broad SMARTS) is 3. The number of phenols is 3. The van der Waals surface area contributed by atoms with Crippen molar-refractivity contribution >= 4 is 45.2 Å². The summed E-state index contributed by atoms with van der Waals surface area (Å²) < 4.78 is 0. The van der Waals surface area contributed by atoms with Crippen LogP contribution in [0, 0.1) is 0 Å². The third-order valence-electron chi connectivity index (χ3n) is 3.40. The van der Waals surface area contributed by atoms with E-state index >= 15 is 0 Å². The van der Waals surface area contributed by atoms with E-state index in [0.29, 0.717) is 0 Å². The topological polar surface area (TPSA) is 173 Å². The van der Waals surface area contributed by atoms with E-state index in [1.807, 2.05) is 0 Å². The third-order valence-corrected chi connectivity index (χ3v) is 3.40. The predicted molar refractivity (Wildman–Crippen MR) is 114 cm³/mol. The zero-order chi connectivity index (χ0) is 22.7. The van der Waals surface area contributed by atoms with Crippen molar-refractivity contribution in [1.29, 1.82) is 0 Å². The van der Waals surface area contributed by atoms with Crippen LogP contribution < -0.4 is 0 Å². The zero-order valence-electron chi connectivity index (χ0n) is 16.0. The monoisotopic (exact) mass is 624 g/mol. The van der Waals surface area contributed by atoms with Crippen molar-refractivity contribution in [3.05, 3.63) is 89.5 Å². The van der Waals surface area contributed by atoms with Crippen LogP contribution in [-0.4, -0.2) is 75.8 Å². The van der Waals surface area contributed by atoms with Crippen molar-refractivity contribution in [3.63, 3.8) is 0 Å². The molecule has 0 aliphatic carbocycles. The molecule has 2 radical (unpaired) electrons. The SMILES string of the molecule is O=C(O)c1ccccc1O.O=C(O)c1ccccc1O.O=C(O)c1ccccc1O.[PbH2]. The maximum atomic E-state index is 10.3. The zero-order valence-corrected chi connectivity index (χ0v) is 21.5. The van der Waals surface area contributed by atoms with Gasteiger partial charge in [0.2, 0.25) is 0 Å². The Morgan fingerprint density at radius 1 is 0.452 bits per heavy atom. The van der Waals surface area contributed by atoms with E-state index < -0.39 is 17.9 Å². The number of para-hydroxylation sites is 3. The summed E-state index contributed by atoms with van der Waals surface area (Å²) >= 11 is 0. The Balaban J connectivity index is 0.000000429. The Bertz CT molecular complexity index is 903. The quantitative estimate of drug-likeness (QED) is 0.240. The summed E-state index contributed by atoms with van der Waals surface area (Å²) in [4.78, 5) is 30.8. The molecule has 3 aromatic carbocycles. The molecule has 0 aliphatic rings. The van der Waals surface area contributed by atoms with Gasteiger partial charge in [0.15, 0.2) is 0 Å². The molecular formula is C21H20O9Pb. The molecule has 6 N–H and O–H groups in total. The summed E-state index contributed by atoms with van der Waals surface area (Å²) in [6.07, 6.45) is 0. The van der Waals surface area contributed by atoms with Gasteiger partial charge in [-0.05, 0) is 36.4 Å². The van der Waals surface area contributed by atoms with Gasteiger partial charge in [-0.1, -0.05) is 36.4 Å². The van der Waals surface area contributed by atoms with Gasteiger partial charge in [0.25, 0.3) is 0 Å². The van der Waals surface area contributed by atoms with Crippen LogP contribution in [0.4, 0.5) is 0 Å². The molecule has 0 spiro atoms. The van der Waals surface area contributed by atoms with Crippen molar-refractivity contribution in [3.8, 4) is 17.2 Å². The fraction of sp³-hybridized carbons (Fsp3) is 0. The summed E-state index contributed by atoms with van der Waals surface area (Å²) in [5.41, 5.74) is -0.201. The van der Waals surface area contributed by atoms with Crippen LogP contribution >= 0.6 is 0 Å². The Morgan fingerprint density at radius 3 is 0.774 bits per heavy atom. The molecule has 0 unspecified atom stereocenters. The number of hydrogen-bond donors (Lipinski definition) is 6. The predicted octanol–water partition coefficient (Wildman–Crippen LogP) is 2.36. The molecule has 0 bridgehead atoms. The van der Waals surface area contributed by atoms with E-state index in [9.17, 15) is 14.4 Å². The van der Waals surface area contributed by atoms with Gasteiger partial charge in [-0.3, -0.25) is 0 Å². The minimum atomic E-state index is -1.11. The van der Waals surface area contributed by atoms with Crippen LogP contribution in [0.5, 0.6) is 17.2 Å². The van der Waals surface area contributed by atoms with E-state index in [0.717, 1.165) is 0 Å². The van der Waals surface area contributed by atoms with Gasteiger partial charge in [-0.15, -0.1) is 0 Å². The number of hydrogen-bond acceptors (Lipinski definition) is 6. The van der Waals surface area contributed by atoms with Crippen LogP contribution in [-0.2, 0) is 0 Å². The standard InChI is InChI=1S/3C7H6O3.Pb.2H/c3*8-6-4-2-1-3-5(6)7(9)10;;;/h3*1-4,8H,(H,9,10);;;. The Hall–Kier alpha value is -3.61. The first-order valence-corrected chi connectivity index (χ1v) is 8.19. The first kappa shape index (κ1) is 27.4. The number of aromatic hydroxyl groups is 3. The van der Waals surface area contributed by atoms with Gasteiger partial charge < -0.3 is 30.6 Å².